The number of carbonyl (C=O) groups is 1. The van der Waals surface area contributed by atoms with E-state index >= 15 is 0 Å². The predicted molar refractivity (Wildman–Crippen MR) is 106 cm³/mol. The molecular formula is C17H20ClN7OS. The second-order valence-electron chi connectivity index (χ2n) is 7.16. The Morgan fingerprint density at radius 1 is 1.44 bits per heavy atom. The summed E-state index contributed by atoms with van der Waals surface area (Å²) in [6.07, 6.45) is 5.97. The molecule has 8 nitrogen and oxygen atoms in total. The molecule has 0 aromatic carbocycles. The zero-order valence-electron chi connectivity index (χ0n) is 14.8. The van der Waals surface area contributed by atoms with E-state index in [0.29, 0.717) is 28.9 Å². The Morgan fingerprint density at radius 2 is 2.33 bits per heavy atom. The van der Waals surface area contributed by atoms with Crippen molar-refractivity contribution in [3.63, 3.8) is 0 Å². The number of hydrogen-bond acceptors (Lipinski definition) is 8. The van der Waals surface area contributed by atoms with Crippen molar-refractivity contribution in [2.45, 2.75) is 30.4 Å². The molecule has 2 unspecified atom stereocenters. The van der Waals surface area contributed by atoms with Crippen LogP contribution in [-0.2, 0) is 0 Å². The summed E-state index contributed by atoms with van der Waals surface area (Å²) in [7, 11) is 1.83. The minimum absolute atomic E-state index is 0.219. The minimum atomic E-state index is -0.457. The Balaban J connectivity index is 1.43. The van der Waals surface area contributed by atoms with Crippen LogP contribution in [0.2, 0.25) is 0 Å². The molecule has 3 saturated heterocycles. The molecule has 0 saturated carbocycles. The fourth-order valence-corrected chi connectivity index (χ4v) is 5.04. The first kappa shape index (κ1) is 17.2. The zero-order valence-corrected chi connectivity index (χ0v) is 16.3. The molecule has 142 valence electrons. The number of amides is 1. The van der Waals surface area contributed by atoms with Crippen LogP contribution < -0.4 is 21.0 Å². The van der Waals surface area contributed by atoms with Crippen molar-refractivity contribution in [3.05, 3.63) is 29.0 Å². The highest BCUT2D eigenvalue weighted by Crippen LogP contribution is 2.30. The van der Waals surface area contributed by atoms with Gasteiger partial charge in [0.2, 0.25) is 0 Å². The van der Waals surface area contributed by atoms with Crippen molar-refractivity contribution < 1.29 is 4.79 Å². The van der Waals surface area contributed by atoms with E-state index in [1.807, 2.05) is 18.6 Å². The molecule has 6 heterocycles. The second-order valence-corrected chi connectivity index (χ2v) is 8.46. The number of carbonyl (C=O) groups excluding carboxylic acids is 1. The molecule has 2 bridgehead atoms. The number of nitrogens with one attached hydrogen (secondary N) is 3. The molecule has 2 aromatic heterocycles. The number of nitrogens with zero attached hydrogens (tertiary/aromatic N) is 4. The maximum Gasteiger partial charge on any atom is 0.258 e. The Morgan fingerprint density at radius 3 is 3.00 bits per heavy atom. The first-order valence-corrected chi connectivity index (χ1v) is 10.3. The summed E-state index contributed by atoms with van der Waals surface area (Å²) in [5, 5.41) is 9.96. The van der Waals surface area contributed by atoms with E-state index in [0.717, 1.165) is 23.7 Å². The normalized spacial score (nSPS) is 27.3. The molecule has 27 heavy (non-hydrogen) atoms. The summed E-state index contributed by atoms with van der Waals surface area (Å²) >= 11 is 7.61. The quantitative estimate of drug-likeness (QED) is 0.523. The molecule has 4 aliphatic rings. The highest BCUT2D eigenvalue weighted by Gasteiger charge is 2.34. The summed E-state index contributed by atoms with van der Waals surface area (Å²) in [5.41, 5.74) is 4.32. The molecule has 4 aliphatic heterocycles. The van der Waals surface area contributed by atoms with Crippen LogP contribution in [0.3, 0.4) is 0 Å². The van der Waals surface area contributed by atoms with Crippen molar-refractivity contribution in [1.82, 2.24) is 31.0 Å². The van der Waals surface area contributed by atoms with Crippen LogP contribution in [0.1, 0.15) is 23.2 Å². The van der Waals surface area contributed by atoms with E-state index in [1.54, 1.807) is 11.2 Å². The molecule has 0 aliphatic carbocycles. The van der Waals surface area contributed by atoms with Gasteiger partial charge in [-0.05, 0) is 12.8 Å². The summed E-state index contributed by atoms with van der Waals surface area (Å²) in [6, 6.07) is 0.956. The number of hydrogen-bond donors (Lipinski definition) is 3. The van der Waals surface area contributed by atoms with E-state index < -0.39 is 5.50 Å². The SMILES string of the molecule is CN1C=C(NC(=O)c2csc3ncc(N4C[C@@H]5CCC4CN5)nc23)C(Cl)N1. The molecular weight excluding hydrogens is 386 g/mol. The Labute approximate surface area is 165 Å². The van der Waals surface area contributed by atoms with E-state index in [1.165, 1.54) is 24.2 Å². The topological polar surface area (TPSA) is 85.4 Å². The van der Waals surface area contributed by atoms with Crippen molar-refractivity contribution in [2.24, 2.45) is 0 Å². The van der Waals surface area contributed by atoms with E-state index in [9.17, 15) is 4.79 Å². The minimum Gasteiger partial charge on any atom is -0.349 e. The van der Waals surface area contributed by atoms with Gasteiger partial charge in [-0.2, -0.15) is 0 Å². The fourth-order valence-electron chi connectivity index (χ4n) is 3.94. The van der Waals surface area contributed by atoms with Crippen LogP contribution in [0, 0.1) is 0 Å². The summed E-state index contributed by atoms with van der Waals surface area (Å²) in [4.78, 5) is 25.3. The maximum absolute atomic E-state index is 12.8. The van der Waals surface area contributed by atoms with Gasteiger partial charge in [0.25, 0.3) is 5.91 Å². The third kappa shape index (κ3) is 3.04. The van der Waals surface area contributed by atoms with Gasteiger partial charge in [-0.1, -0.05) is 11.6 Å². The standard InChI is InChI=1S/C17H20ClN7OS/c1-24-7-12(15(18)23-24)21-16(26)11-8-27-17-14(11)22-13(5-20-17)25-6-9-2-3-10(25)4-19-9/h5,7-10,15,19,23H,2-4,6H2,1H3,(H,21,26)/t9-,10?,15?/m0/s1. The van der Waals surface area contributed by atoms with Crippen molar-refractivity contribution in [1.29, 1.82) is 0 Å². The van der Waals surface area contributed by atoms with Crippen molar-refractivity contribution in [3.8, 4) is 0 Å². The molecule has 0 radical (unpaired) electrons. The number of thiophene rings is 1. The van der Waals surface area contributed by atoms with E-state index in [-0.39, 0.29) is 5.91 Å². The largest absolute Gasteiger partial charge is 0.349 e. The number of aromatic nitrogens is 2. The van der Waals surface area contributed by atoms with Gasteiger partial charge >= 0.3 is 0 Å². The van der Waals surface area contributed by atoms with Gasteiger partial charge in [0.15, 0.2) is 0 Å². The lowest BCUT2D eigenvalue weighted by Crippen LogP contribution is -2.61. The average molecular weight is 406 g/mol. The highest BCUT2D eigenvalue weighted by molar-refractivity contribution is 7.17. The van der Waals surface area contributed by atoms with Crippen molar-refractivity contribution in [2.75, 3.05) is 25.0 Å². The monoisotopic (exact) mass is 405 g/mol. The van der Waals surface area contributed by atoms with Gasteiger partial charge in [-0.25, -0.2) is 15.4 Å². The van der Waals surface area contributed by atoms with Crippen LogP contribution in [0.15, 0.2) is 23.5 Å². The Bertz CT molecular complexity index is 923. The van der Waals surface area contributed by atoms with Crippen LogP contribution in [-0.4, -0.2) is 58.6 Å². The predicted octanol–water partition coefficient (Wildman–Crippen LogP) is 1.22. The lowest BCUT2D eigenvalue weighted by Gasteiger charge is -2.46. The summed E-state index contributed by atoms with van der Waals surface area (Å²) in [5.74, 6) is 0.631. The number of piperidine rings is 2. The molecule has 10 heteroatoms. The zero-order chi connectivity index (χ0) is 18.5. The number of halogens is 1. The smallest absolute Gasteiger partial charge is 0.258 e. The van der Waals surface area contributed by atoms with Crippen LogP contribution >= 0.6 is 22.9 Å². The number of hydrazine groups is 1. The number of anilines is 1. The molecule has 0 spiro atoms. The molecule has 3 N–H and O–H groups in total. The Kier molecular flexibility index (Phi) is 4.19. The third-order valence-corrected chi connectivity index (χ3v) is 6.55. The molecule has 3 atom stereocenters. The van der Waals surface area contributed by atoms with Gasteiger partial charge in [0.1, 0.15) is 21.7 Å². The lowest BCUT2D eigenvalue weighted by molar-refractivity contribution is 0.0966. The maximum atomic E-state index is 12.8. The first-order valence-electron chi connectivity index (χ1n) is 8.99. The molecule has 1 amide bonds. The highest BCUT2D eigenvalue weighted by atomic mass is 35.5. The Hall–Kier alpha value is -1.94. The van der Waals surface area contributed by atoms with Crippen LogP contribution in [0.25, 0.3) is 10.3 Å². The van der Waals surface area contributed by atoms with Gasteiger partial charge in [-0.15, -0.1) is 11.3 Å². The number of alkyl halides is 1. The third-order valence-electron chi connectivity index (χ3n) is 5.34. The van der Waals surface area contributed by atoms with Crippen molar-refractivity contribution >= 4 is 45.0 Å². The van der Waals surface area contributed by atoms with Gasteiger partial charge in [-0.3, -0.25) is 4.79 Å². The molecule has 3 fully saturated rings. The van der Waals surface area contributed by atoms with Crippen LogP contribution in [0.4, 0.5) is 5.82 Å². The molecule has 6 rings (SSSR count). The van der Waals surface area contributed by atoms with Gasteiger partial charge in [0, 0.05) is 43.8 Å². The number of piperazine rings is 1. The fraction of sp³-hybridized carbons (Fsp3) is 0.471. The number of rotatable bonds is 3. The van der Waals surface area contributed by atoms with Gasteiger partial charge < -0.3 is 20.5 Å². The molecule has 2 aromatic rings. The first-order chi connectivity index (χ1) is 13.1. The average Bonchev–Trinajstić information content (AvgIpc) is 3.24. The lowest BCUT2D eigenvalue weighted by atomic mass is 9.93. The van der Waals surface area contributed by atoms with E-state index in [4.69, 9.17) is 16.6 Å². The summed E-state index contributed by atoms with van der Waals surface area (Å²) in [6.45, 7) is 1.92. The van der Waals surface area contributed by atoms with E-state index in [2.05, 4.69) is 25.9 Å². The number of fused-ring (bicyclic) bond motifs is 4. The summed E-state index contributed by atoms with van der Waals surface area (Å²) < 4.78 is 0. The second kappa shape index (κ2) is 6.59. The van der Waals surface area contributed by atoms with Crippen LogP contribution in [0.5, 0.6) is 0 Å². The van der Waals surface area contributed by atoms with Gasteiger partial charge in [0.05, 0.1) is 17.5 Å².